The van der Waals surface area contributed by atoms with Crippen molar-refractivity contribution in [3.8, 4) is 11.5 Å². The fourth-order valence-electron chi connectivity index (χ4n) is 2.87. The van der Waals surface area contributed by atoms with Crippen LogP contribution < -0.4 is 14.8 Å². The molecule has 0 aliphatic carbocycles. The predicted octanol–water partition coefficient (Wildman–Crippen LogP) is 4.60. The highest BCUT2D eigenvalue weighted by atomic mass is 35.5. The van der Waals surface area contributed by atoms with E-state index in [1.807, 2.05) is 20.8 Å². The maximum absolute atomic E-state index is 13.0. The molecule has 3 rings (SSSR count). The van der Waals surface area contributed by atoms with Crippen LogP contribution in [-0.2, 0) is 6.42 Å². The van der Waals surface area contributed by atoms with E-state index >= 15 is 0 Å². The number of hydrogen-bond acceptors (Lipinski definition) is 4. The summed E-state index contributed by atoms with van der Waals surface area (Å²) in [6.07, 6.45) is 2.33. The Morgan fingerprint density at radius 3 is 2.56 bits per heavy atom. The van der Waals surface area contributed by atoms with Gasteiger partial charge in [0.25, 0.3) is 5.91 Å². The van der Waals surface area contributed by atoms with Gasteiger partial charge in [0.1, 0.15) is 11.3 Å². The summed E-state index contributed by atoms with van der Waals surface area (Å²) in [5, 5.41) is 3.46. The average Bonchev–Trinajstić information content (AvgIpc) is 3.02. The molecule has 7 heteroatoms. The number of ether oxygens (including phenoxy) is 2. The molecular weight excluding hydrogens is 366 g/mol. The number of amides is 1. The van der Waals surface area contributed by atoms with Crippen molar-refractivity contribution in [2.45, 2.75) is 27.2 Å². The monoisotopic (exact) mass is 387 g/mol. The largest absolute Gasteiger partial charge is 0.490 e. The van der Waals surface area contributed by atoms with Crippen LogP contribution in [0.1, 0.15) is 37.0 Å². The smallest absolute Gasteiger partial charge is 0.274 e. The van der Waals surface area contributed by atoms with Crippen LogP contribution in [0.5, 0.6) is 11.5 Å². The standard InChI is InChI=1S/C20H22ClN3O3/c1-4-15-19(24-12-13(21)7-10-18(24)23-15)20(25)22-14-8-9-16(26-5-2)17(11-14)27-6-3/h7-12H,4-6H2,1-3H3,(H,22,25). The first kappa shape index (κ1) is 19.0. The highest BCUT2D eigenvalue weighted by molar-refractivity contribution is 6.30. The SMILES string of the molecule is CCOc1ccc(NC(=O)c2c(CC)nc3ccc(Cl)cn23)cc1OCC. The number of benzene rings is 1. The number of rotatable bonds is 7. The first-order valence-electron chi connectivity index (χ1n) is 8.94. The Hall–Kier alpha value is -2.73. The number of halogens is 1. The zero-order chi connectivity index (χ0) is 19.4. The molecule has 2 aromatic heterocycles. The zero-order valence-corrected chi connectivity index (χ0v) is 16.3. The van der Waals surface area contributed by atoms with Crippen molar-refractivity contribution in [3.05, 3.63) is 52.9 Å². The maximum Gasteiger partial charge on any atom is 0.274 e. The van der Waals surface area contributed by atoms with Crippen LogP contribution in [0.4, 0.5) is 5.69 Å². The van der Waals surface area contributed by atoms with E-state index in [0.29, 0.717) is 58.9 Å². The number of anilines is 1. The molecule has 0 aliphatic rings. The Labute approximate surface area is 163 Å². The molecule has 3 aromatic rings. The Morgan fingerprint density at radius 2 is 1.85 bits per heavy atom. The molecule has 1 N–H and O–H groups in total. The van der Waals surface area contributed by atoms with Gasteiger partial charge in [-0.3, -0.25) is 9.20 Å². The van der Waals surface area contributed by atoms with E-state index in [-0.39, 0.29) is 5.91 Å². The number of fused-ring (bicyclic) bond motifs is 1. The summed E-state index contributed by atoms with van der Waals surface area (Å²) < 4.78 is 12.9. The lowest BCUT2D eigenvalue weighted by Crippen LogP contribution is -2.16. The third-order valence-electron chi connectivity index (χ3n) is 4.01. The first-order chi connectivity index (χ1) is 13.1. The molecule has 0 saturated carbocycles. The van der Waals surface area contributed by atoms with Crippen LogP contribution in [0, 0.1) is 0 Å². The number of nitrogens with one attached hydrogen (secondary N) is 1. The number of imidazole rings is 1. The number of aromatic nitrogens is 2. The molecule has 142 valence electrons. The summed E-state index contributed by atoms with van der Waals surface area (Å²) in [6, 6.07) is 8.88. The molecule has 0 spiro atoms. The van der Waals surface area contributed by atoms with E-state index in [2.05, 4.69) is 10.3 Å². The number of pyridine rings is 1. The van der Waals surface area contributed by atoms with Gasteiger partial charge in [-0.25, -0.2) is 4.98 Å². The third kappa shape index (κ3) is 4.01. The van der Waals surface area contributed by atoms with Crippen LogP contribution in [0.15, 0.2) is 36.5 Å². The molecule has 2 heterocycles. The van der Waals surface area contributed by atoms with Crippen LogP contribution in [0.25, 0.3) is 5.65 Å². The molecule has 0 atom stereocenters. The van der Waals surface area contributed by atoms with Gasteiger partial charge in [-0.1, -0.05) is 18.5 Å². The second-order valence-electron chi connectivity index (χ2n) is 5.82. The Kier molecular flexibility index (Phi) is 5.86. The summed E-state index contributed by atoms with van der Waals surface area (Å²) in [5.74, 6) is 0.982. The molecule has 0 aliphatic heterocycles. The van der Waals surface area contributed by atoms with Crippen molar-refractivity contribution in [3.63, 3.8) is 0 Å². The van der Waals surface area contributed by atoms with Gasteiger partial charge < -0.3 is 14.8 Å². The van der Waals surface area contributed by atoms with E-state index in [9.17, 15) is 4.79 Å². The van der Waals surface area contributed by atoms with E-state index < -0.39 is 0 Å². The summed E-state index contributed by atoms with van der Waals surface area (Å²) in [6.45, 7) is 6.81. The van der Waals surface area contributed by atoms with Gasteiger partial charge in [-0.15, -0.1) is 0 Å². The summed E-state index contributed by atoms with van der Waals surface area (Å²) >= 11 is 6.10. The van der Waals surface area contributed by atoms with Crippen molar-refractivity contribution in [1.82, 2.24) is 9.38 Å². The van der Waals surface area contributed by atoms with E-state index in [1.54, 1.807) is 40.9 Å². The summed E-state index contributed by atoms with van der Waals surface area (Å²) in [5.41, 5.74) is 2.49. The molecule has 1 aromatic carbocycles. The lowest BCUT2D eigenvalue weighted by atomic mass is 10.2. The number of aryl methyl sites for hydroxylation is 1. The van der Waals surface area contributed by atoms with Crippen molar-refractivity contribution < 1.29 is 14.3 Å². The van der Waals surface area contributed by atoms with Crippen LogP contribution in [0.3, 0.4) is 0 Å². The highest BCUT2D eigenvalue weighted by Gasteiger charge is 2.19. The van der Waals surface area contributed by atoms with Gasteiger partial charge in [0.2, 0.25) is 0 Å². The zero-order valence-electron chi connectivity index (χ0n) is 15.6. The fourth-order valence-corrected chi connectivity index (χ4v) is 3.03. The quantitative estimate of drug-likeness (QED) is 0.643. The molecule has 0 fully saturated rings. The van der Waals surface area contributed by atoms with Crippen LogP contribution in [-0.4, -0.2) is 28.5 Å². The van der Waals surface area contributed by atoms with Gasteiger partial charge in [0, 0.05) is 18.0 Å². The van der Waals surface area contributed by atoms with Crippen molar-refractivity contribution in [1.29, 1.82) is 0 Å². The molecule has 0 saturated heterocycles. The van der Waals surface area contributed by atoms with E-state index in [1.165, 1.54) is 0 Å². The van der Waals surface area contributed by atoms with Gasteiger partial charge >= 0.3 is 0 Å². The minimum atomic E-state index is -0.256. The van der Waals surface area contributed by atoms with Crippen molar-refractivity contribution >= 4 is 28.8 Å². The van der Waals surface area contributed by atoms with Gasteiger partial charge in [-0.05, 0) is 44.5 Å². The number of carbonyl (C=O) groups is 1. The minimum Gasteiger partial charge on any atom is -0.490 e. The Balaban J connectivity index is 1.95. The van der Waals surface area contributed by atoms with Gasteiger partial charge in [0.15, 0.2) is 11.5 Å². The molecule has 1 amide bonds. The third-order valence-corrected chi connectivity index (χ3v) is 4.23. The second kappa shape index (κ2) is 8.31. The first-order valence-corrected chi connectivity index (χ1v) is 9.32. The van der Waals surface area contributed by atoms with E-state index in [4.69, 9.17) is 21.1 Å². The molecule has 0 unspecified atom stereocenters. The number of carbonyl (C=O) groups excluding carboxylic acids is 1. The minimum absolute atomic E-state index is 0.256. The Morgan fingerprint density at radius 1 is 1.11 bits per heavy atom. The molecule has 27 heavy (non-hydrogen) atoms. The molecular formula is C20H22ClN3O3. The molecule has 6 nitrogen and oxygen atoms in total. The van der Waals surface area contributed by atoms with Gasteiger partial charge in [-0.2, -0.15) is 0 Å². The van der Waals surface area contributed by atoms with Gasteiger partial charge in [0.05, 0.1) is 23.9 Å². The summed E-state index contributed by atoms with van der Waals surface area (Å²) in [4.78, 5) is 17.5. The maximum atomic E-state index is 13.0. The second-order valence-corrected chi connectivity index (χ2v) is 6.25. The molecule has 0 radical (unpaired) electrons. The number of hydrogen-bond donors (Lipinski definition) is 1. The normalized spacial score (nSPS) is 10.8. The van der Waals surface area contributed by atoms with Crippen molar-refractivity contribution in [2.75, 3.05) is 18.5 Å². The highest BCUT2D eigenvalue weighted by Crippen LogP contribution is 2.31. The topological polar surface area (TPSA) is 64.9 Å². The predicted molar refractivity (Wildman–Crippen MR) is 106 cm³/mol. The van der Waals surface area contributed by atoms with Crippen LogP contribution in [0.2, 0.25) is 5.02 Å². The van der Waals surface area contributed by atoms with E-state index in [0.717, 1.165) is 0 Å². The van der Waals surface area contributed by atoms with Crippen molar-refractivity contribution in [2.24, 2.45) is 0 Å². The summed E-state index contributed by atoms with van der Waals surface area (Å²) in [7, 11) is 0. The average molecular weight is 388 g/mol. The number of nitrogens with zero attached hydrogens (tertiary/aromatic N) is 2. The molecule has 0 bridgehead atoms. The van der Waals surface area contributed by atoms with Crippen LogP contribution >= 0.6 is 11.6 Å². The fraction of sp³-hybridized carbons (Fsp3) is 0.300. The lowest BCUT2D eigenvalue weighted by molar-refractivity contribution is 0.102. The lowest BCUT2D eigenvalue weighted by Gasteiger charge is -2.13. The Bertz CT molecular complexity index is 969.